The van der Waals surface area contributed by atoms with E-state index in [1.807, 2.05) is 13.8 Å². The molecule has 3 atom stereocenters. The van der Waals surface area contributed by atoms with Crippen LogP contribution in [0, 0.1) is 0 Å². The van der Waals surface area contributed by atoms with Crippen LogP contribution in [0.25, 0.3) is 0 Å². The third kappa shape index (κ3) is 2.34. The normalized spacial score (nSPS) is 33.4. The molecule has 0 aromatic rings. The molecule has 2 heterocycles. The van der Waals surface area contributed by atoms with E-state index in [4.69, 9.17) is 0 Å². The lowest BCUT2D eigenvalue weighted by Gasteiger charge is -2.51. The number of carbonyl (C=O) groups is 3. The minimum absolute atomic E-state index is 0.148. The summed E-state index contributed by atoms with van der Waals surface area (Å²) in [6.07, 6.45) is 1.74. The van der Waals surface area contributed by atoms with Crippen molar-refractivity contribution in [3.63, 3.8) is 0 Å². The number of hydrogen-bond donors (Lipinski definition) is 2. The lowest BCUT2D eigenvalue weighted by Crippen LogP contribution is -2.57. The van der Waals surface area contributed by atoms with Crippen molar-refractivity contribution in [2.45, 2.75) is 63.1 Å². The number of carbonyl (C=O) groups excluding carboxylic acids is 2. The van der Waals surface area contributed by atoms with Crippen LogP contribution >= 0.6 is 10.0 Å². The molecule has 138 valence electrons. The third-order valence-corrected chi connectivity index (χ3v) is 9.99. The molecule has 2 amide bonds. The van der Waals surface area contributed by atoms with Crippen LogP contribution in [0.1, 0.15) is 47.0 Å². The van der Waals surface area contributed by atoms with Crippen molar-refractivity contribution in [1.29, 1.82) is 0 Å². The summed E-state index contributed by atoms with van der Waals surface area (Å²) in [6.45, 7) is 8.56. The number of carboxylic acid groups (broad SMARTS) is 1. The van der Waals surface area contributed by atoms with Crippen molar-refractivity contribution in [3.05, 3.63) is 0 Å². The monoisotopic (exact) mass is 360 g/mol. The standard InChI is InChI=1S/C16H28N2O5S/c1-5-7-17(8-6-2)15(23)24(10-19)12-9-11(20)18(12)13(14(21)22)16(24,3)4/h12-13,19H,5-10H2,1-4H3,(H,21,22)/t12-,13+/m1/s1. The Bertz CT molecular complexity index is 547. The zero-order valence-corrected chi connectivity index (χ0v) is 15.6. The van der Waals surface area contributed by atoms with Crippen LogP contribution in [0.4, 0.5) is 4.79 Å². The van der Waals surface area contributed by atoms with Gasteiger partial charge in [0, 0.05) is 17.8 Å². The van der Waals surface area contributed by atoms with Crippen LogP contribution in [-0.2, 0) is 9.59 Å². The van der Waals surface area contributed by atoms with Gasteiger partial charge in [0.15, 0.2) is 0 Å². The largest absolute Gasteiger partial charge is 0.480 e. The number of carboxylic acids is 1. The van der Waals surface area contributed by atoms with E-state index in [0.29, 0.717) is 13.1 Å². The zero-order chi connectivity index (χ0) is 18.3. The molecule has 2 aliphatic heterocycles. The van der Waals surface area contributed by atoms with Gasteiger partial charge in [-0.05, 0) is 26.7 Å². The molecule has 1 unspecified atom stereocenters. The number of β-lactam (4-membered cyclic amide) rings is 1. The van der Waals surface area contributed by atoms with Gasteiger partial charge in [0.1, 0.15) is 6.04 Å². The second-order valence-electron chi connectivity index (χ2n) is 6.98. The second-order valence-corrected chi connectivity index (χ2v) is 10.8. The topological polar surface area (TPSA) is 98.2 Å². The number of nitrogens with zero attached hydrogens (tertiary/aromatic N) is 2. The van der Waals surface area contributed by atoms with Gasteiger partial charge in [0.25, 0.3) is 5.24 Å². The van der Waals surface area contributed by atoms with Crippen LogP contribution in [0.5, 0.6) is 0 Å². The van der Waals surface area contributed by atoms with Crippen LogP contribution in [0.2, 0.25) is 0 Å². The van der Waals surface area contributed by atoms with E-state index in [1.165, 1.54) is 4.90 Å². The maximum Gasteiger partial charge on any atom is 0.327 e. The number of aliphatic carboxylic acids is 1. The van der Waals surface area contributed by atoms with Crippen LogP contribution in [-0.4, -0.2) is 72.3 Å². The van der Waals surface area contributed by atoms with Gasteiger partial charge in [-0.1, -0.05) is 13.8 Å². The fourth-order valence-corrected chi connectivity index (χ4v) is 8.37. The molecule has 2 N–H and O–H groups in total. The minimum Gasteiger partial charge on any atom is -0.480 e. The first-order chi connectivity index (χ1) is 11.2. The fraction of sp³-hybridized carbons (Fsp3) is 0.812. The van der Waals surface area contributed by atoms with Gasteiger partial charge in [-0.25, -0.2) is 4.79 Å². The Balaban J connectivity index is 2.52. The molecular weight excluding hydrogens is 332 g/mol. The summed E-state index contributed by atoms with van der Waals surface area (Å²) < 4.78 is -0.971. The van der Waals surface area contributed by atoms with Gasteiger partial charge in [-0.15, -0.1) is 10.0 Å². The number of aliphatic hydroxyl groups is 1. The van der Waals surface area contributed by atoms with E-state index in [1.54, 1.807) is 18.7 Å². The summed E-state index contributed by atoms with van der Waals surface area (Å²) >= 11 is 0. The first-order valence-corrected chi connectivity index (χ1v) is 10.3. The second kappa shape index (κ2) is 6.55. The SMILES string of the molecule is CCCN(CCC)C(=O)S1(CO)[C@@H]2CC(=O)N2[C@@H](C(=O)O)C1(C)C. The lowest BCUT2D eigenvalue weighted by molar-refractivity contribution is -0.157. The number of amides is 2. The van der Waals surface area contributed by atoms with E-state index < -0.39 is 32.2 Å². The highest BCUT2D eigenvalue weighted by atomic mass is 32.3. The predicted octanol–water partition coefficient (Wildman–Crippen LogP) is 1.79. The van der Waals surface area contributed by atoms with Crippen molar-refractivity contribution < 1.29 is 24.6 Å². The highest BCUT2D eigenvalue weighted by molar-refractivity contribution is 8.46. The Kier molecular flexibility index (Phi) is 5.20. The van der Waals surface area contributed by atoms with Crippen molar-refractivity contribution in [2.75, 3.05) is 19.0 Å². The maximum absolute atomic E-state index is 13.4. The van der Waals surface area contributed by atoms with E-state index in [9.17, 15) is 24.6 Å². The summed E-state index contributed by atoms with van der Waals surface area (Å²) in [7, 11) is -2.40. The Morgan fingerprint density at radius 1 is 1.29 bits per heavy atom. The lowest BCUT2D eigenvalue weighted by atomic mass is 9.98. The Morgan fingerprint density at radius 2 is 1.83 bits per heavy atom. The quantitative estimate of drug-likeness (QED) is 0.704. The highest BCUT2D eigenvalue weighted by Crippen LogP contribution is 2.74. The molecule has 2 fully saturated rings. The van der Waals surface area contributed by atoms with Crippen LogP contribution < -0.4 is 0 Å². The van der Waals surface area contributed by atoms with E-state index in [2.05, 4.69) is 0 Å². The highest BCUT2D eigenvalue weighted by Gasteiger charge is 2.71. The smallest absolute Gasteiger partial charge is 0.327 e. The van der Waals surface area contributed by atoms with Crippen LogP contribution in [0.3, 0.4) is 0 Å². The Labute approximate surface area is 144 Å². The summed E-state index contributed by atoms with van der Waals surface area (Å²) in [5, 5.41) is 19.3. The Morgan fingerprint density at radius 3 is 2.17 bits per heavy atom. The molecule has 2 saturated heterocycles. The van der Waals surface area contributed by atoms with Crippen molar-refractivity contribution >= 4 is 27.1 Å². The summed E-state index contributed by atoms with van der Waals surface area (Å²) in [4.78, 5) is 40.4. The summed E-state index contributed by atoms with van der Waals surface area (Å²) in [6, 6.07) is -1.06. The molecule has 0 spiro atoms. The van der Waals surface area contributed by atoms with Gasteiger partial charge in [-0.3, -0.25) is 9.59 Å². The predicted molar refractivity (Wildman–Crippen MR) is 93.0 cm³/mol. The molecule has 2 aliphatic rings. The number of hydrogen-bond acceptors (Lipinski definition) is 4. The van der Waals surface area contributed by atoms with Crippen LogP contribution in [0.15, 0.2) is 0 Å². The molecule has 7 nitrogen and oxygen atoms in total. The third-order valence-electron chi connectivity index (χ3n) is 5.28. The summed E-state index contributed by atoms with van der Waals surface area (Å²) in [5.41, 5.74) is 0. The Hall–Kier alpha value is -1.28. The summed E-state index contributed by atoms with van der Waals surface area (Å²) in [5.74, 6) is -1.72. The number of rotatable bonds is 6. The molecule has 8 heteroatoms. The average Bonchev–Trinajstić information content (AvgIpc) is 2.67. The average molecular weight is 360 g/mol. The molecule has 2 rings (SSSR count). The van der Waals surface area contributed by atoms with Gasteiger partial charge in [0.2, 0.25) is 5.91 Å². The molecular formula is C16H28N2O5S. The first-order valence-electron chi connectivity index (χ1n) is 8.43. The van der Waals surface area contributed by atoms with E-state index in [0.717, 1.165) is 12.8 Å². The van der Waals surface area contributed by atoms with Crippen molar-refractivity contribution in [1.82, 2.24) is 9.80 Å². The number of aliphatic hydroxyl groups excluding tert-OH is 1. The van der Waals surface area contributed by atoms with Crippen molar-refractivity contribution in [3.8, 4) is 0 Å². The number of fused-ring (bicyclic) bond motifs is 1. The fourth-order valence-electron chi connectivity index (χ4n) is 4.06. The minimum atomic E-state index is -2.40. The molecule has 24 heavy (non-hydrogen) atoms. The molecule has 0 aliphatic carbocycles. The molecule has 0 radical (unpaired) electrons. The van der Waals surface area contributed by atoms with Gasteiger partial charge < -0.3 is 20.0 Å². The molecule has 0 aromatic carbocycles. The molecule has 0 saturated carbocycles. The van der Waals surface area contributed by atoms with E-state index >= 15 is 0 Å². The van der Waals surface area contributed by atoms with Crippen molar-refractivity contribution in [2.24, 2.45) is 0 Å². The molecule has 0 aromatic heterocycles. The zero-order valence-electron chi connectivity index (χ0n) is 14.8. The molecule has 0 bridgehead atoms. The first kappa shape index (κ1) is 19.1. The van der Waals surface area contributed by atoms with Gasteiger partial charge in [-0.2, -0.15) is 0 Å². The maximum atomic E-state index is 13.4. The van der Waals surface area contributed by atoms with Gasteiger partial charge >= 0.3 is 5.97 Å². The van der Waals surface area contributed by atoms with E-state index in [-0.39, 0.29) is 23.5 Å². The van der Waals surface area contributed by atoms with Gasteiger partial charge in [0.05, 0.1) is 17.7 Å².